The van der Waals surface area contributed by atoms with Gasteiger partial charge in [0.1, 0.15) is 0 Å². The lowest BCUT2D eigenvalue weighted by atomic mass is 10.1. The average molecular weight is 412 g/mol. The number of nitro benzene ring substituents is 1. The highest BCUT2D eigenvalue weighted by Gasteiger charge is 2.15. The molecule has 0 radical (unpaired) electrons. The molecule has 2 aromatic carbocycles. The molecule has 0 spiro atoms. The molecule has 0 bridgehead atoms. The summed E-state index contributed by atoms with van der Waals surface area (Å²) in [5.41, 5.74) is 2.80. The van der Waals surface area contributed by atoms with Gasteiger partial charge in [-0.25, -0.2) is 0 Å². The van der Waals surface area contributed by atoms with E-state index in [1.807, 2.05) is 32.0 Å². The van der Waals surface area contributed by atoms with Crippen LogP contribution in [0, 0.1) is 24.0 Å². The summed E-state index contributed by atoms with van der Waals surface area (Å²) >= 11 is 0. The lowest BCUT2D eigenvalue weighted by Crippen LogP contribution is -2.37. The Hall–Kier alpha value is -3.75. The lowest BCUT2D eigenvalue weighted by Gasteiger charge is -2.17. The van der Waals surface area contributed by atoms with Crippen LogP contribution in [0.15, 0.2) is 42.5 Å². The molecule has 9 nitrogen and oxygen atoms in total. The van der Waals surface area contributed by atoms with Crippen molar-refractivity contribution in [2.24, 2.45) is 0 Å². The van der Waals surface area contributed by atoms with Gasteiger partial charge in [-0.1, -0.05) is 12.1 Å². The molecule has 0 aliphatic rings. The zero-order chi connectivity index (χ0) is 22.3. The fourth-order valence-electron chi connectivity index (χ4n) is 2.67. The molecule has 30 heavy (non-hydrogen) atoms. The molecule has 0 saturated carbocycles. The number of nitro groups is 1. The third-order valence-electron chi connectivity index (χ3n) is 4.44. The Morgan fingerprint density at radius 1 is 1.07 bits per heavy atom. The van der Waals surface area contributed by atoms with Crippen molar-refractivity contribution in [3.63, 3.8) is 0 Å². The highest BCUT2D eigenvalue weighted by molar-refractivity contribution is 5.96. The number of nitrogens with zero attached hydrogens (tertiary/aromatic N) is 2. The van der Waals surface area contributed by atoms with Crippen LogP contribution in [0.1, 0.15) is 27.9 Å². The summed E-state index contributed by atoms with van der Waals surface area (Å²) in [5.74, 6) is -1.04. The zero-order valence-electron chi connectivity index (χ0n) is 17.1. The Labute approximate surface area is 174 Å². The van der Waals surface area contributed by atoms with Gasteiger partial charge in [-0.05, 0) is 43.2 Å². The minimum absolute atomic E-state index is 0.0198. The van der Waals surface area contributed by atoms with Crippen LogP contribution >= 0.6 is 0 Å². The van der Waals surface area contributed by atoms with E-state index in [2.05, 4.69) is 10.6 Å². The number of amides is 3. The predicted molar refractivity (Wildman–Crippen MR) is 112 cm³/mol. The second-order valence-electron chi connectivity index (χ2n) is 6.93. The van der Waals surface area contributed by atoms with Crippen molar-refractivity contribution in [2.45, 2.75) is 20.3 Å². The van der Waals surface area contributed by atoms with Crippen LogP contribution < -0.4 is 10.6 Å². The van der Waals surface area contributed by atoms with Crippen molar-refractivity contribution in [3.8, 4) is 0 Å². The normalized spacial score (nSPS) is 10.2. The number of anilines is 1. The van der Waals surface area contributed by atoms with E-state index in [0.717, 1.165) is 11.1 Å². The standard InChI is InChI=1S/C21H24N4O5/c1-14-4-5-15(2)18(12-14)23-19(26)13-24(3)20(27)10-11-22-21(28)16-6-8-17(9-7-16)25(29)30/h4-9,12H,10-11,13H2,1-3H3,(H,22,28)(H,23,26). The molecule has 2 N–H and O–H groups in total. The fraction of sp³-hybridized carbons (Fsp3) is 0.286. The van der Waals surface area contributed by atoms with Gasteiger partial charge in [-0.2, -0.15) is 0 Å². The second kappa shape index (κ2) is 10.1. The average Bonchev–Trinajstić information content (AvgIpc) is 2.70. The van der Waals surface area contributed by atoms with E-state index in [1.54, 1.807) is 0 Å². The molecule has 2 rings (SSSR count). The summed E-state index contributed by atoms with van der Waals surface area (Å²) in [6, 6.07) is 10.9. The van der Waals surface area contributed by atoms with Crippen molar-refractivity contribution in [1.29, 1.82) is 0 Å². The number of aryl methyl sites for hydroxylation is 2. The molecule has 0 saturated heterocycles. The quantitative estimate of drug-likeness (QED) is 0.509. The van der Waals surface area contributed by atoms with Gasteiger partial charge in [-0.15, -0.1) is 0 Å². The van der Waals surface area contributed by atoms with Crippen molar-refractivity contribution in [1.82, 2.24) is 10.2 Å². The smallest absolute Gasteiger partial charge is 0.269 e. The van der Waals surface area contributed by atoms with E-state index >= 15 is 0 Å². The second-order valence-corrected chi connectivity index (χ2v) is 6.93. The first-order chi connectivity index (χ1) is 14.2. The van der Waals surface area contributed by atoms with E-state index in [9.17, 15) is 24.5 Å². The highest BCUT2D eigenvalue weighted by Crippen LogP contribution is 2.16. The molecule has 0 aliphatic carbocycles. The summed E-state index contributed by atoms with van der Waals surface area (Å²) in [5, 5.41) is 16.0. The largest absolute Gasteiger partial charge is 0.352 e. The minimum Gasteiger partial charge on any atom is -0.352 e. The van der Waals surface area contributed by atoms with E-state index in [0.29, 0.717) is 5.69 Å². The third kappa shape index (κ3) is 6.40. The Balaban J connectivity index is 1.78. The Morgan fingerprint density at radius 3 is 2.37 bits per heavy atom. The highest BCUT2D eigenvalue weighted by atomic mass is 16.6. The Bertz CT molecular complexity index is 956. The monoisotopic (exact) mass is 412 g/mol. The predicted octanol–water partition coefficient (Wildman–Crippen LogP) is 2.43. The first-order valence-electron chi connectivity index (χ1n) is 9.31. The Kier molecular flexibility index (Phi) is 7.62. The van der Waals surface area contributed by atoms with Gasteiger partial charge in [0.15, 0.2) is 0 Å². The van der Waals surface area contributed by atoms with Crippen molar-refractivity contribution in [2.75, 3.05) is 25.5 Å². The van der Waals surface area contributed by atoms with Crippen LogP contribution in [-0.4, -0.2) is 47.7 Å². The molecule has 0 atom stereocenters. The number of hydrogen-bond acceptors (Lipinski definition) is 5. The van der Waals surface area contributed by atoms with E-state index in [-0.39, 0.29) is 42.6 Å². The van der Waals surface area contributed by atoms with Crippen LogP contribution in [0.25, 0.3) is 0 Å². The number of nitrogens with one attached hydrogen (secondary N) is 2. The van der Waals surface area contributed by atoms with Gasteiger partial charge in [0.25, 0.3) is 11.6 Å². The molecule has 0 aliphatic heterocycles. The van der Waals surface area contributed by atoms with E-state index in [1.165, 1.54) is 36.2 Å². The molecular weight excluding hydrogens is 388 g/mol. The maximum Gasteiger partial charge on any atom is 0.269 e. The summed E-state index contributed by atoms with van der Waals surface area (Å²) in [6.07, 6.45) is 0.0198. The third-order valence-corrected chi connectivity index (χ3v) is 4.44. The summed E-state index contributed by atoms with van der Waals surface area (Å²) in [7, 11) is 1.52. The van der Waals surface area contributed by atoms with Gasteiger partial charge < -0.3 is 15.5 Å². The van der Waals surface area contributed by atoms with Gasteiger partial charge >= 0.3 is 0 Å². The van der Waals surface area contributed by atoms with Crippen molar-refractivity contribution >= 4 is 29.1 Å². The number of rotatable bonds is 8. The minimum atomic E-state index is -0.549. The van der Waals surface area contributed by atoms with Crippen molar-refractivity contribution < 1.29 is 19.3 Å². The van der Waals surface area contributed by atoms with E-state index < -0.39 is 10.8 Å². The number of carbonyl (C=O) groups is 3. The lowest BCUT2D eigenvalue weighted by molar-refractivity contribution is -0.384. The molecule has 9 heteroatoms. The van der Waals surface area contributed by atoms with E-state index in [4.69, 9.17) is 0 Å². The van der Waals surface area contributed by atoms with Gasteiger partial charge in [0.2, 0.25) is 11.8 Å². The molecular formula is C21H24N4O5. The first-order valence-corrected chi connectivity index (χ1v) is 9.31. The maximum absolute atomic E-state index is 12.2. The molecule has 0 aromatic heterocycles. The molecule has 0 heterocycles. The molecule has 0 fully saturated rings. The SMILES string of the molecule is Cc1ccc(C)c(NC(=O)CN(C)C(=O)CCNC(=O)c2ccc([N+](=O)[O-])cc2)c1. The zero-order valence-corrected chi connectivity index (χ0v) is 17.1. The number of non-ortho nitro benzene ring substituents is 1. The number of carbonyl (C=O) groups excluding carboxylic acids is 3. The molecule has 3 amide bonds. The van der Waals surface area contributed by atoms with Crippen LogP contribution in [0.3, 0.4) is 0 Å². The van der Waals surface area contributed by atoms with Crippen molar-refractivity contribution in [3.05, 3.63) is 69.3 Å². The first kappa shape index (κ1) is 22.5. The van der Waals surface area contributed by atoms with Crippen LogP contribution in [0.4, 0.5) is 11.4 Å². The van der Waals surface area contributed by atoms with Crippen LogP contribution in [-0.2, 0) is 9.59 Å². The number of benzene rings is 2. The maximum atomic E-state index is 12.2. The Morgan fingerprint density at radius 2 is 1.73 bits per heavy atom. The summed E-state index contributed by atoms with van der Waals surface area (Å²) < 4.78 is 0. The number of hydrogen-bond donors (Lipinski definition) is 2. The summed E-state index contributed by atoms with van der Waals surface area (Å²) in [6.45, 7) is 3.79. The number of likely N-dealkylation sites (N-methyl/N-ethyl adjacent to an activating group) is 1. The van der Waals surface area contributed by atoms with Gasteiger partial charge in [-0.3, -0.25) is 24.5 Å². The summed E-state index contributed by atoms with van der Waals surface area (Å²) in [4.78, 5) is 47.8. The van der Waals surface area contributed by atoms with Crippen LogP contribution in [0.2, 0.25) is 0 Å². The van der Waals surface area contributed by atoms with Gasteiger partial charge in [0.05, 0.1) is 11.5 Å². The molecule has 158 valence electrons. The fourth-order valence-corrected chi connectivity index (χ4v) is 2.67. The molecule has 0 unspecified atom stereocenters. The van der Waals surface area contributed by atoms with Gasteiger partial charge in [0, 0.05) is 43.4 Å². The molecule has 2 aromatic rings. The van der Waals surface area contributed by atoms with Crippen LogP contribution in [0.5, 0.6) is 0 Å². The topological polar surface area (TPSA) is 122 Å².